The predicted molar refractivity (Wildman–Crippen MR) is 64.1 cm³/mol. The minimum Gasteiger partial charge on any atom is -0.387 e. The van der Waals surface area contributed by atoms with E-state index in [1.54, 1.807) is 11.3 Å². The van der Waals surface area contributed by atoms with Crippen LogP contribution in [0.3, 0.4) is 0 Å². The standard InChI is InChI=1S/C12H19NOS/c1-9-2-3-11(6-9)13-7-12(14)10-4-5-15-8-10/h4-5,8-9,11-14H,2-3,6-7H2,1H3. The van der Waals surface area contributed by atoms with Crippen LogP contribution in [0.15, 0.2) is 16.8 Å². The van der Waals surface area contributed by atoms with Crippen molar-refractivity contribution in [2.75, 3.05) is 6.54 Å². The van der Waals surface area contributed by atoms with Crippen LogP contribution >= 0.6 is 11.3 Å². The van der Waals surface area contributed by atoms with Crippen LogP contribution in [-0.2, 0) is 0 Å². The Balaban J connectivity index is 1.74. The fourth-order valence-corrected chi connectivity index (χ4v) is 2.96. The van der Waals surface area contributed by atoms with Crippen LogP contribution in [0.4, 0.5) is 0 Å². The van der Waals surface area contributed by atoms with E-state index in [0.29, 0.717) is 12.6 Å². The maximum Gasteiger partial charge on any atom is 0.0922 e. The SMILES string of the molecule is CC1CCC(NCC(O)c2ccsc2)C1. The summed E-state index contributed by atoms with van der Waals surface area (Å²) in [7, 11) is 0. The van der Waals surface area contributed by atoms with Crippen molar-refractivity contribution < 1.29 is 5.11 Å². The molecule has 1 heterocycles. The van der Waals surface area contributed by atoms with Gasteiger partial charge in [0.2, 0.25) is 0 Å². The third kappa shape index (κ3) is 3.03. The zero-order chi connectivity index (χ0) is 10.7. The average molecular weight is 225 g/mol. The van der Waals surface area contributed by atoms with Crippen LogP contribution in [0, 0.1) is 5.92 Å². The summed E-state index contributed by atoms with van der Waals surface area (Å²) in [5, 5.41) is 17.4. The highest BCUT2D eigenvalue weighted by molar-refractivity contribution is 7.07. The largest absolute Gasteiger partial charge is 0.387 e. The summed E-state index contributed by atoms with van der Waals surface area (Å²) in [5.74, 6) is 0.848. The maximum absolute atomic E-state index is 9.88. The van der Waals surface area contributed by atoms with Crippen LogP contribution in [0.25, 0.3) is 0 Å². The second-order valence-electron chi connectivity index (χ2n) is 4.60. The Kier molecular flexibility index (Phi) is 3.78. The third-order valence-electron chi connectivity index (χ3n) is 3.22. The number of hydrogen-bond donors (Lipinski definition) is 2. The van der Waals surface area contributed by atoms with Gasteiger partial charge < -0.3 is 10.4 Å². The molecule has 15 heavy (non-hydrogen) atoms. The Bertz CT molecular complexity index is 286. The molecule has 0 saturated heterocycles. The Hall–Kier alpha value is -0.380. The Labute approximate surface area is 95.3 Å². The van der Waals surface area contributed by atoms with Crippen molar-refractivity contribution in [3.8, 4) is 0 Å². The van der Waals surface area contributed by atoms with Crippen molar-refractivity contribution >= 4 is 11.3 Å². The number of aliphatic hydroxyl groups excluding tert-OH is 1. The van der Waals surface area contributed by atoms with Crippen molar-refractivity contribution in [3.05, 3.63) is 22.4 Å². The summed E-state index contributed by atoms with van der Waals surface area (Å²) in [6.07, 6.45) is 3.51. The molecule has 2 rings (SSSR count). The second-order valence-corrected chi connectivity index (χ2v) is 5.38. The highest BCUT2D eigenvalue weighted by Gasteiger charge is 2.21. The summed E-state index contributed by atoms with van der Waals surface area (Å²) in [4.78, 5) is 0. The Morgan fingerprint density at radius 1 is 1.60 bits per heavy atom. The lowest BCUT2D eigenvalue weighted by atomic mass is 10.1. The van der Waals surface area contributed by atoms with Crippen molar-refractivity contribution in [2.24, 2.45) is 5.92 Å². The van der Waals surface area contributed by atoms with Crippen LogP contribution in [0.5, 0.6) is 0 Å². The van der Waals surface area contributed by atoms with Crippen LogP contribution < -0.4 is 5.32 Å². The van der Waals surface area contributed by atoms with Crippen molar-refractivity contribution in [2.45, 2.75) is 38.3 Å². The predicted octanol–water partition coefficient (Wildman–Crippen LogP) is 2.56. The molecule has 0 aliphatic heterocycles. The van der Waals surface area contributed by atoms with Gasteiger partial charge in [0.1, 0.15) is 0 Å². The average Bonchev–Trinajstić information content (AvgIpc) is 2.84. The molecule has 2 N–H and O–H groups in total. The highest BCUT2D eigenvalue weighted by Crippen LogP contribution is 2.25. The van der Waals surface area contributed by atoms with Crippen molar-refractivity contribution in [1.29, 1.82) is 0 Å². The lowest BCUT2D eigenvalue weighted by Gasteiger charge is -2.15. The van der Waals surface area contributed by atoms with E-state index < -0.39 is 0 Å². The number of rotatable bonds is 4. The molecule has 0 bridgehead atoms. The van der Waals surface area contributed by atoms with Crippen LogP contribution in [0.2, 0.25) is 0 Å². The van der Waals surface area contributed by atoms with Gasteiger partial charge >= 0.3 is 0 Å². The molecule has 0 spiro atoms. The lowest BCUT2D eigenvalue weighted by Crippen LogP contribution is -2.30. The number of thiophene rings is 1. The molecule has 1 aromatic rings. The summed E-state index contributed by atoms with van der Waals surface area (Å²) < 4.78 is 0. The van der Waals surface area contributed by atoms with Gasteiger partial charge in [-0.25, -0.2) is 0 Å². The van der Waals surface area contributed by atoms with Gasteiger partial charge in [0.15, 0.2) is 0 Å². The van der Waals surface area contributed by atoms with Crippen molar-refractivity contribution in [1.82, 2.24) is 5.32 Å². The van der Waals surface area contributed by atoms with E-state index in [0.717, 1.165) is 11.5 Å². The number of aliphatic hydroxyl groups is 1. The minimum absolute atomic E-state index is 0.341. The first kappa shape index (κ1) is 11.1. The molecule has 3 atom stereocenters. The highest BCUT2D eigenvalue weighted by atomic mass is 32.1. The smallest absolute Gasteiger partial charge is 0.0922 e. The van der Waals surface area contributed by atoms with E-state index in [-0.39, 0.29) is 6.10 Å². The minimum atomic E-state index is -0.341. The molecule has 3 unspecified atom stereocenters. The van der Waals surface area contributed by atoms with E-state index >= 15 is 0 Å². The molecule has 1 aliphatic rings. The first-order valence-corrected chi connectivity index (χ1v) is 6.63. The molecular formula is C12H19NOS. The molecule has 1 fully saturated rings. The van der Waals surface area contributed by atoms with Gasteiger partial charge in [-0.15, -0.1) is 0 Å². The first-order valence-electron chi connectivity index (χ1n) is 5.69. The molecule has 0 aromatic carbocycles. The fraction of sp³-hybridized carbons (Fsp3) is 0.667. The van der Waals surface area contributed by atoms with Crippen LogP contribution in [0.1, 0.15) is 37.9 Å². The molecule has 3 heteroatoms. The topological polar surface area (TPSA) is 32.3 Å². The molecule has 1 aliphatic carbocycles. The molecule has 0 amide bonds. The van der Waals surface area contributed by atoms with Gasteiger partial charge in [-0.1, -0.05) is 6.92 Å². The van der Waals surface area contributed by atoms with E-state index in [1.165, 1.54) is 19.3 Å². The molecular weight excluding hydrogens is 206 g/mol. The summed E-state index contributed by atoms with van der Waals surface area (Å²) >= 11 is 1.64. The second kappa shape index (κ2) is 5.10. The Morgan fingerprint density at radius 3 is 3.07 bits per heavy atom. The van der Waals surface area contributed by atoms with Crippen molar-refractivity contribution in [3.63, 3.8) is 0 Å². The van der Waals surface area contributed by atoms with Gasteiger partial charge in [0.05, 0.1) is 6.10 Å². The number of hydrogen-bond acceptors (Lipinski definition) is 3. The molecule has 0 radical (unpaired) electrons. The quantitative estimate of drug-likeness (QED) is 0.825. The van der Waals surface area contributed by atoms with E-state index in [9.17, 15) is 5.11 Å². The molecule has 2 nitrogen and oxygen atoms in total. The van der Waals surface area contributed by atoms with Gasteiger partial charge in [-0.2, -0.15) is 11.3 Å². The van der Waals surface area contributed by atoms with E-state index in [1.807, 2.05) is 16.8 Å². The Morgan fingerprint density at radius 2 is 2.47 bits per heavy atom. The first-order chi connectivity index (χ1) is 7.25. The third-order valence-corrected chi connectivity index (χ3v) is 3.92. The zero-order valence-electron chi connectivity index (χ0n) is 9.15. The zero-order valence-corrected chi connectivity index (χ0v) is 9.96. The maximum atomic E-state index is 9.88. The van der Waals surface area contributed by atoms with Gasteiger partial charge in [-0.3, -0.25) is 0 Å². The van der Waals surface area contributed by atoms with Gasteiger partial charge in [0.25, 0.3) is 0 Å². The summed E-state index contributed by atoms with van der Waals surface area (Å²) in [6.45, 7) is 2.99. The van der Waals surface area contributed by atoms with Gasteiger partial charge in [0, 0.05) is 12.6 Å². The lowest BCUT2D eigenvalue weighted by molar-refractivity contribution is 0.170. The number of nitrogens with one attached hydrogen (secondary N) is 1. The summed E-state index contributed by atoms with van der Waals surface area (Å²) in [5.41, 5.74) is 1.04. The monoisotopic (exact) mass is 225 g/mol. The summed E-state index contributed by atoms with van der Waals surface area (Å²) in [6, 6.07) is 2.61. The fourth-order valence-electron chi connectivity index (χ4n) is 2.25. The molecule has 84 valence electrons. The van der Waals surface area contributed by atoms with Gasteiger partial charge in [-0.05, 0) is 47.6 Å². The van der Waals surface area contributed by atoms with Crippen LogP contribution in [-0.4, -0.2) is 17.7 Å². The normalized spacial score (nSPS) is 28.1. The van der Waals surface area contributed by atoms with E-state index in [4.69, 9.17) is 0 Å². The molecule has 1 aromatic heterocycles. The van der Waals surface area contributed by atoms with E-state index in [2.05, 4.69) is 12.2 Å². The molecule has 1 saturated carbocycles.